The van der Waals surface area contributed by atoms with Gasteiger partial charge < -0.3 is 20.9 Å². The van der Waals surface area contributed by atoms with Crippen molar-refractivity contribution in [3.8, 4) is 28.6 Å². The molecule has 3 heterocycles. The Balaban J connectivity index is 1.93. The SMILES string of the molecule is COc1ccc(-c2ccc3nc(N)nc(-[n+]4ccccc4CN)c3n2)cc1OC. The largest absolute Gasteiger partial charge is 0.493 e. The third-order valence-electron chi connectivity index (χ3n) is 4.60. The average Bonchev–Trinajstić information content (AvgIpc) is 2.77. The van der Waals surface area contributed by atoms with E-state index in [0.29, 0.717) is 34.9 Å². The Morgan fingerprint density at radius 2 is 1.76 bits per heavy atom. The van der Waals surface area contributed by atoms with Crippen molar-refractivity contribution >= 4 is 17.0 Å². The quantitative estimate of drug-likeness (QED) is 0.502. The minimum Gasteiger partial charge on any atom is -0.493 e. The van der Waals surface area contributed by atoms with Crippen LogP contribution in [-0.2, 0) is 6.54 Å². The zero-order chi connectivity index (χ0) is 20.4. The number of methoxy groups -OCH3 is 2. The molecule has 29 heavy (non-hydrogen) atoms. The molecule has 0 fully saturated rings. The smallest absolute Gasteiger partial charge is 0.360 e. The summed E-state index contributed by atoms with van der Waals surface area (Å²) in [5.74, 6) is 2.04. The van der Waals surface area contributed by atoms with Crippen molar-refractivity contribution in [2.45, 2.75) is 6.54 Å². The minimum absolute atomic E-state index is 0.174. The number of fused-ring (bicyclic) bond motifs is 1. The summed E-state index contributed by atoms with van der Waals surface area (Å²) in [5, 5.41) is 0. The van der Waals surface area contributed by atoms with Crippen LogP contribution in [0.2, 0.25) is 0 Å². The fourth-order valence-corrected chi connectivity index (χ4v) is 3.19. The first-order valence-electron chi connectivity index (χ1n) is 9.01. The van der Waals surface area contributed by atoms with Crippen LogP contribution in [0.3, 0.4) is 0 Å². The highest BCUT2D eigenvalue weighted by molar-refractivity contribution is 5.83. The van der Waals surface area contributed by atoms with Gasteiger partial charge in [-0.3, -0.25) is 0 Å². The monoisotopic (exact) mass is 389 g/mol. The van der Waals surface area contributed by atoms with Gasteiger partial charge in [0.15, 0.2) is 17.0 Å². The zero-order valence-electron chi connectivity index (χ0n) is 16.2. The van der Waals surface area contributed by atoms with Gasteiger partial charge in [-0.25, -0.2) is 4.98 Å². The average molecular weight is 389 g/mol. The van der Waals surface area contributed by atoms with Crippen LogP contribution in [0.15, 0.2) is 54.7 Å². The van der Waals surface area contributed by atoms with Crippen molar-refractivity contribution in [2.75, 3.05) is 20.0 Å². The predicted molar refractivity (Wildman–Crippen MR) is 110 cm³/mol. The molecule has 0 saturated carbocycles. The van der Waals surface area contributed by atoms with Crippen molar-refractivity contribution in [3.05, 3.63) is 60.4 Å². The van der Waals surface area contributed by atoms with Gasteiger partial charge in [0.25, 0.3) is 0 Å². The Kier molecular flexibility index (Phi) is 4.92. The molecule has 0 spiro atoms. The lowest BCUT2D eigenvalue weighted by molar-refractivity contribution is -0.606. The van der Waals surface area contributed by atoms with Crippen molar-refractivity contribution in [1.29, 1.82) is 0 Å². The first-order chi connectivity index (χ1) is 14.1. The van der Waals surface area contributed by atoms with Gasteiger partial charge in [-0.15, -0.1) is 0 Å². The predicted octanol–water partition coefficient (Wildman–Crippen LogP) is 2.03. The maximum absolute atomic E-state index is 5.95. The number of hydrogen-bond donors (Lipinski definition) is 2. The van der Waals surface area contributed by atoms with E-state index in [4.69, 9.17) is 25.9 Å². The molecule has 8 heteroatoms. The molecule has 0 radical (unpaired) electrons. The Hall–Kier alpha value is -3.78. The van der Waals surface area contributed by atoms with Gasteiger partial charge in [-0.05, 0) is 42.5 Å². The zero-order valence-corrected chi connectivity index (χ0v) is 16.2. The Bertz CT molecular complexity index is 1200. The molecule has 3 aromatic heterocycles. The Morgan fingerprint density at radius 3 is 2.52 bits per heavy atom. The number of nitrogens with zero attached hydrogens (tertiary/aromatic N) is 4. The van der Waals surface area contributed by atoms with E-state index in [1.54, 1.807) is 14.2 Å². The van der Waals surface area contributed by atoms with E-state index in [0.717, 1.165) is 17.0 Å². The maximum atomic E-state index is 5.95. The molecule has 0 saturated heterocycles. The standard InChI is InChI=1S/C21H21N6O2/c1-28-17-9-6-13(11-18(17)29-2)15-7-8-16-19(24-15)20(26-21(23)25-16)27-10-4-3-5-14(27)12-22/h3-11H,12,22H2,1-2H3,(H2,23,25,26)/q+1. The lowest BCUT2D eigenvalue weighted by Crippen LogP contribution is -2.38. The highest BCUT2D eigenvalue weighted by Crippen LogP contribution is 2.32. The third kappa shape index (κ3) is 3.41. The van der Waals surface area contributed by atoms with Gasteiger partial charge in [0, 0.05) is 10.5 Å². The van der Waals surface area contributed by atoms with E-state index in [1.165, 1.54) is 0 Å². The minimum atomic E-state index is 0.174. The molecule has 4 N–H and O–H groups in total. The third-order valence-corrected chi connectivity index (χ3v) is 4.60. The molecule has 0 unspecified atom stereocenters. The van der Waals surface area contributed by atoms with Crippen molar-refractivity contribution in [1.82, 2.24) is 15.0 Å². The first kappa shape index (κ1) is 18.6. The Labute approximate surface area is 167 Å². The van der Waals surface area contributed by atoms with Crippen LogP contribution in [0.5, 0.6) is 11.5 Å². The van der Waals surface area contributed by atoms with Crippen molar-refractivity contribution < 1.29 is 14.0 Å². The van der Waals surface area contributed by atoms with Gasteiger partial charge in [0.05, 0.1) is 32.7 Å². The number of ether oxygens (including phenoxy) is 2. The normalized spacial score (nSPS) is 10.9. The number of anilines is 1. The molecule has 0 aliphatic rings. The fraction of sp³-hybridized carbons (Fsp3) is 0.143. The molecule has 4 rings (SSSR count). The van der Waals surface area contributed by atoms with E-state index in [9.17, 15) is 0 Å². The molecule has 0 atom stereocenters. The molecule has 4 aromatic rings. The lowest BCUT2D eigenvalue weighted by atomic mass is 10.1. The summed E-state index contributed by atoms with van der Waals surface area (Å²) in [5.41, 5.74) is 15.6. The first-order valence-corrected chi connectivity index (χ1v) is 9.01. The second-order valence-corrected chi connectivity index (χ2v) is 6.31. The summed E-state index contributed by atoms with van der Waals surface area (Å²) >= 11 is 0. The fourth-order valence-electron chi connectivity index (χ4n) is 3.19. The molecule has 0 amide bonds. The molecule has 0 aliphatic heterocycles. The summed E-state index contributed by atoms with van der Waals surface area (Å²) in [6.45, 7) is 0.349. The van der Waals surface area contributed by atoms with Crippen LogP contribution in [0.1, 0.15) is 5.69 Å². The summed E-state index contributed by atoms with van der Waals surface area (Å²) in [4.78, 5) is 13.6. The molecule has 0 aliphatic carbocycles. The van der Waals surface area contributed by atoms with Gasteiger partial charge >= 0.3 is 11.8 Å². The van der Waals surface area contributed by atoms with E-state index in [-0.39, 0.29) is 5.95 Å². The number of rotatable bonds is 5. The van der Waals surface area contributed by atoms with E-state index in [1.807, 2.05) is 59.3 Å². The van der Waals surface area contributed by atoms with Gasteiger partial charge in [0.1, 0.15) is 11.2 Å². The second-order valence-electron chi connectivity index (χ2n) is 6.31. The number of aromatic nitrogens is 4. The summed E-state index contributed by atoms with van der Waals surface area (Å²) in [6, 6.07) is 15.2. The van der Waals surface area contributed by atoms with Crippen LogP contribution < -0.4 is 25.5 Å². The molecule has 1 aromatic carbocycles. The van der Waals surface area contributed by atoms with E-state index < -0.39 is 0 Å². The van der Waals surface area contributed by atoms with Crippen LogP contribution in [0.4, 0.5) is 5.95 Å². The van der Waals surface area contributed by atoms with Crippen LogP contribution in [0.25, 0.3) is 28.1 Å². The Morgan fingerprint density at radius 1 is 0.931 bits per heavy atom. The number of pyridine rings is 2. The van der Waals surface area contributed by atoms with Crippen molar-refractivity contribution in [3.63, 3.8) is 0 Å². The summed E-state index contributed by atoms with van der Waals surface area (Å²) < 4.78 is 12.6. The summed E-state index contributed by atoms with van der Waals surface area (Å²) in [7, 11) is 3.20. The number of nitrogen functional groups attached to an aromatic ring is 1. The number of nitrogens with two attached hydrogens (primary N) is 2. The number of benzene rings is 1. The molecule has 0 bridgehead atoms. The van der Waals surface area contributed by atoms with Gasteiger partial charge in [-0.2, -0.15) is 9.55 Å². The highest BCUT2D eigenvalue weighted by atomic mass is 16.5. The van der Waals surface area contributed by atoms with Crippen molar-refractivity contribution in [2.24, 2.45) is 5.73 Å². The molecule has 8 nitrogen and oxygen atoms in total. The topological polar surface area (TPSA) is 113 Å². The van der Waals surface area contributed by atoms with Gasteiger partial charge in [0.2, 0.25) is 0 Å². The van der Waals surface area contributed by atoms with Crippen LogP contribution in [-0.4, -0.2) is 29.2 Å². The second kappa shape index (κ2) is 7.69. The molecular weight excluding hydrogens is 368 g/mol. The lowest BCUT2D eigenvalue weighted by Gasteiger charge is -2.10. The van der Waals surface area contributed by atoms with Crippen LogP contribution >= 0.6 is 0 Å². The van der Waals surface area contributed by atoms with Crippen LogP contribution in [0, 0.1) is 0 Å². The van der Waals surface area contributed by atoms with Gasteiger partial charge in [-0.1, -0.05) is 6.07 Å². The van der Waals surface area contributed by atoms with E-state index >= 15 is 0 Å². The molecular formula is C21H21N6O2+. The maximum Gasteiger partial charge on any atom is 0.360 e. The summed E-state index contributed by atoms with van der Waals surface area (Å²) in [6.07, 6.45) is 1.88. The van der Waals surface area contributed by atoms with E-state index in [2.05, 4.69) is 9.97 Å². The molecule has 146 valence electrons. The number of hydrogen-bond acceptors (Lipinski definition) is 7. The highest BCUT2D eigenvalue weighted by Gasteiger charge is 2.21.